The molecule has 0 aliphatic rings. The molecule has 0 aromatic heterocycles. The van der Waals surface area contributed by atoms with E-state index in [1.54, 1.807) is 11.8 Å². The third-order valence-corrected chi connectivity index (χ3v) is 3.22. The first-order chi connectivity index (χ1) is 4.70. The van der Waals surface area contributed by atoms with Crippen LogP contribution in [0.15, 0.2) is 0 Å². The Kier molecular flexibility index (Phi) is 6.47. The summed E-state index contributed by atoms with van der Waals surface area (Å²) in [5, 5.41) is 0.00606. The third kappa shape index (κ3) is 5.26. The van der Waals surface area contributed by atoms with E-state index in [9.17, 15) is 4.79 Å². The highest BCUT2D eigenvalue weighted by Crippen LogP contribution is 2.20. The second-order valence-corrected chi connectivity index (χ2v) is 5.49. The summed E-state index contributed by atoms with van der Waals surface area (Å²) in [6, 6.07) is 0. The van der Waals surface area contributed by atoms with Crippen molar-refractivity contribution in [2.24, 2.45) is 0 Å². The zero-order chi connectivity index (χ0) is 7.98. The molecule has 1 nitrogen and oxygen atoms in total. The molecule has 0 saturated heterocycles. The Hall–Kier alpha value is 0.460. The standard InChI is InChI=1S/C6H10OS3/c1-3-9-6(8)10-5(2)4-7/h4-5H,3H2,1-2H3. The first-order valence-corrected chi connectivity index (χ1v) is 5.26. The van der Waals surface area contributed by atoms with Gasteiger partial charge in [-0.2, -0.15) is 0 Å². The fourth-order valence-electron chi connectivity index (χ4n) is 0.331. The second-order valence-electron chi connectivity index (χ2n) is 1.64. The van der Waals surface area contributed by atoms with Crippen LogP contribution in [-0.4, -0.2) is 20.8 Å². The van der Waals surface area contributed by atoms with Gasteiger partial charge in [-0.15, -0.1) is 11.8 Å². The van der Waals surface area contributed by atoms with Crippen LogP contribution in [-0.2, 0) is 4.79 Å². The maximum absolute atomic E-state index is 10.2. The van der Waals surface area contributed by atoms with Gasteiger partial charge in [-0.3, -0.25) is 0 Å². The van der Waals surface area contributed by atoms with Gasteiger partial charge in [0.2, 0.25) is 0 Å². The largest absolute Gasteiger partial charge is 0.302 e. The first-order valence-electron chi connectivity index (χ1n) is 2.99. The lowest BCUT2D eigenvalue weighted by molar-refractivity contribution is -0.107. The first kappa shape index (κ1) is 10.5. The summed E-state index contributed by atoms with van der Waals surface area (Å²) in [5.74, 6) is 0.984. The number of aldehydes is 1. The molecule has 0 aromatic rings. The van der Waals surface area contributed by atoms with Gasteiger partial charge in [-0.25, -0.2) is 0 Å². The van der Waals surface area contributed by atoms with Gasteiger partial charge < -0.3 is 4.79 Å². The molecule has 0 N–H and O–H groups in total. The van der Waals surface area contributed by atoms with Crippen molar-refractivity contribution in [1.82, 2.24) is 0 Å². The molecule has 0 bridgehead atoms. The zero-order valence-electron chi connectivity index (χ0n) is 5.99. The monoisotopic (exact) mass is 194 g/mol. The predicted molar refractivity (Wildman–Crippen MR) is 53.8 cm³/mol. The van der Waals surface area contributed by atoms with Crippen molar-refractivity contribution in [2.75, 3.05) is 5.75 Å². The fraction of sp³-hybridized carbons (Fsp3) is 0.667. The predicted octanol–water partition coefficient (Wildman–Crippen LogP) is 2.35. The highest BCUT2D eigenvalue weighted by Gasteiger charge is 2.03. The van der Waals surface area contributed by atoms with E-state index in [0.29, 0.717) is 0 Å². The molecule has 0 saturated carbocycles. The molecule has 0 amide bonds. The number of hydrogen-bond donors (Lipinski definition) is 0. The molecule has 0 rings (SSSR count). The normalized spacial score (nSPS) is 12.6. The molecule has 58 valence electrons. The van der Waals surface area contributed by atoms with Crippen molar-refractivity contribution in [3.05, 3.63) is 0 Å². The molecule has 10 heavy (non-hydrogen) atoms. The summed E-state index contributed by atoms with van der Waals surface area (Å²) in [7, 11) is 0. The van der Waals surface area contributed by atoms with Crippen LogP contribution in [0.4, 0.5) is 0 Å². The topological polar surface area (TPSA) is 17.1 Å². The van der Waals surface area contributed by atoms with Gasteiger partial charge in [0.25, 0.3) is 0 Å². The maximum atomic E-state index is 10.2. The van der Waals surface area contributed by atoms with Gasteiger partial charge >= 0.3 is 0 Å². The van der Waals surface area contributed by atoms with Crippen LogP contribution in [0, 0.1) is 0 Å². The van der Waals surface area contributed by atoms with Gasteiger partial charge in [-0.1, -0.05) is 30.9 Å². The van der Waals surface area contributed by atoms with Gasteiger partial charge in [0.1, 0.15) is 9.81 Å². The Morgan fingerprint density at radius 2 is 2.40 bits per heavy atom. The number of rotatable bonds is 3. The molecule has 0 aliphatic heterocycles. The van der Waals surface area contributed by atoms with E-state index in [2.05, 4.69) is 0 Å². The van der Waals surface area contributed by atoms with Crippen LogP contribution >= 0.6 is 35.7 Å². The SMILES string of the molecule is CCSC(=S)SC(C)C=O. The molecule has 0 aromatic carbocycles. The van der Waals surface area contributed by atoms with Crippen LogP contribution in [0.2, 0.25) is 0 Å². The smallest absolute Gasteiger partial charge is 0.133 e. The summed E-state index contributed by atoms with van der Waals surface area (Å²) < 4.78 is 0.863. The van der Waals surface area contributed by atoms with Crippen LogP contribution < -0.4 is 0 Å². The number of thioether (sulfide) groups is 2. The van der Waals surface area contributed by atoms with Gasteiger partial charge in [0, 0.05) is 0 Å². The molecule has 0 heterocycles. The minimum absolute atomic E-state index is 0.00606. The van der Waals surface area contributed by atoms with E-state index in [4.69, 9.17) is 12.2 Å². The molecular weight excluding hydrogens is 184 g/mol. The molecule has 0 fully saturated rings. The lowest BCUT2D eigenvalue weighted by Crippen LogP contribution is -1.99. The minimum atomic E-state index is 0.00606. The Morgan fingerprint density at radius 1 is 1.80 bits per heavy atom. The Bertz CT molecular complexity index is 124. The van der Waals surface area contributed by atoms with Crippen molar-refractivity contribution < 1.29 is 4.79 Å². The highest BCUT2D eigenvalue weighted by molar-refractivity contribution is 8.47. The number of carbonyl (C=O) groups excluding carboxylic acids is 1. The van der Waals surface area contributed by atoms with E-state index < -0.39 is 0 Å². The van der Waals surface area contributed by atoms with Gasteiger partial charge in [-0.05, 0) is 12.7 Å². The van der Waals surface area contributed by atoms with Crippen molar-refractivity contribution in [3.8, 4) is 0 Å². The average molecular weight is 194 g/mol. The third-order valence-electron chi connectivity index (χ3n) is 0.736. The molecule has 0 radical (unpaired) electrons. The molecule has 0 spiro atoms. The Morgan fingerprint density at radius 3 is 2.80 bits per heavy atom. The van der Waals surface area contributed by atoms with Crippen LogP contribution in [0.1, 0.15) is 13.8 Å². The van der Waals surface area contributed by atoms with E-state index >= 15 is 0 Å². The van der Waals surface area contributed by atoms with E-state index in [0.717, 1.165) is 15.6 Å². The second kappa shape index (κ2) is 6.19. The molecule has 0 aliphatic carbocycles. The van der Waals surface area contributed by atoms with Crippen LogP contribution in [0.3, 0.4) is 0 Å². The Balaban J connectivity index is 3.46. The van der Waals surface area contributed by atoms with Gasteiger partial charge in [0.05, 0.1) is 5.25 Å². The fourth-order valence-corrected chi connectivity index (χ4v) is 2.82. The summed E-state index contributed by atoms with van der Waals surface area (Å²) in [4.78, 5) is 10.2. The van der Waals surface area contributed by atoms with Crippen LogP contribution in [0.5, 0.6) is 0 Å². The maximum Gasteiger partial charge on any atom is 0.133 e. The highest BCUT2D eigenvalue weighted by atomic mass is 32.2. The number of hydrogen-bond acceptors (Lipinski definition) is 4. The van der Waals surface area contributed by atoms with E-state index in [1.807, 2.05) is 13.8 Å². The van der Waals surface area contributed by atoms with Crippen molar-refractivity contribution in [1.29, 1.82) is 0 Å². The van der Waals surface area contributed by atoms with Crippen LogP contribution in [0.25, 0.3) is 0 Å². The minimum Gasteiger partial charge on any atom is -0.302 e. The van der Waals surface area contributed by atoms with Crippen molar-refractivity contribution in [2.45, 2.75) is 19.1 Å². The average Bonchev–Trinajstić information content (AvgIpc) is 1.88. The van der Waals surface area contributed by atoms with E-state index in [-0.39, 0.29) is 5.25 Å². The summed E-state index contributed by atoms with van der Waals surface area (Å²) in [5.41, 5.74) is 0. The van der Waals surface area contributed by atoms with E-state index in [1.165, 1.54) is 11.8 Å². The summed E-state index contributed by atoms with van der Waals surface area (Å²) in [6.45, 7) is 3.89. The molecule has 1 unspecified atom stereocenters. The quantitative estimate of drug-likeness (QED) is 0.506. The summed E-state index contributed by atoms with van der Waals surface area (Å²) >= 11 is 8.02. The molecule has 1 atom stereocenters. The van der Waals surface area contributed by atoms with Gasteiger partial charge in [0.15, 0.2) is 0 Å². The Labute approximate surface area is 75.3 Å². The summed E-state index contributed by atoms with van der Waals surface area (Å²) in [6.07, 6.45) is 0.910. The van der Waals surface area contributed by atoms with Crippen molar-refractivity contribution in [3.63, 3.8) is 0 Å². The lowest BCUT2D eigenvalue weighted by Gasteiger charge is -2.01. The molecular formula is C6H10OS3. The molecule has 4 heteroatoms. The number of thiocarbonyl (C=S) groups is 1. The zero-order valence-corrected chi connectivity index (χ0v) is 8.44. The number of carbonyl (C=O) groups is 1. The van der Waals surface area contributed by atoms with Crippen molar-refractivity contribution >= 4 is 45.6 Å². The lowest BCUT2D eigenvalue weighted by atomic mass is 10.5.